The molecule has 3 N–H and O–H groups in total. The first-order chi connectivity index (χ1) is 13.5. The monoisotopic (exact) mass is 383 g/mol. The number of hydrogen-bond acceptors (Lipinski definition) is 4. The minimum Gasteiger partial charge on any atom is -0.493 e. The van der Waals surface area contributed by atoms with Crippen molar-refractivity contribution < 1.29 is 9.47 Å². The van der Waals surface area contributed by atoms with Crippen LogP contribution in [0.15, 0.2) is 29.3 Å². The predicted octanol–water partition coefficient (Wildman–Crippen LogP) is 2.54. The molecule has 2 aliphatic rings. The Kier molecular flexibility index (Phi) is 5.26. The van der Waals surface area contributed by atoms with E-state index in [2.05, 4.69) is 28.4 Å². The second kappa shape index (κ2) is 7.83. The molecule has 1 aromatic heterocycles. The third-order valence-electron chi connectivity index (χ3n) is 5.84. The Bertz CT molecular complexity index is 876. The van der Waals surface area contributed by atoms with E-state index in [0.29, 0.717) is 25.0 Å². The number of ether oxygens (including phenoxy) is 2. The van der Waals surface area contributed by atoms with E-state index in [9.17, 15) is 0 Å². The van der Waals surface area contributed by atoms with Gasteiger partial charge in [-0.25, -0.2) is 0 Å². The van der Waals surface area contributed by atoms with Crippen LogP contribution in [0, 0.1) is 19.8 Å². The van der Waals surface area contributed by atoms with Crippen molar-refractivity contribution in [3.63, 3.8) is 0 Å². The second-order valence-electron chi connectivity index (χ2n) is 7.65. The zero-order chi connectivity index (χ0) is 19.7. The molecule has 1 saturated heterocycles. The Labute approximate surface area is 165 Å². The van der Waals surface area contributed by atoms with Crippen molar-refractivity contribution in [3.05, 3.63) is 46.8 Å². The van der Waals surface area contributed by atoms with Gasteiger partial charge in [0, 0.05) is 49.4 Å². The fourth-order valence-electron chi connectivity index (χ4n) is 4.27. The molecule has 7 heteroatoms. The molecular formula is C21H29N5O2. The molecular weight excluding hydrogens is 354 g/mol. The fraction of sp³-hybridized carbons (Fsp3) is 0.524. The molecule has 28 heavy (non-hydrogen) atoms. The van der Waals surface area contributed by atoms with Gasteiger partial charge < -0.3 is 20.5 Å². The minimum absolute atomic E-state index is 0.0362. The van der Waals surface area contributed by atoms with Crippen LogP contribution in [0.2, 0.25) is 0 Å². The van der Waals surface area contributed by atoms with Crippen molar-refractivity contribution in [1.29, 1.82) is 0 Å². The number of para-hydroxylation sites is 1. The number of aryl methyl sites for hydroxylation is 2. The van der Waals surface area contributed by atoms with Gasteiger partial charge in [-0.15, -0.1) is 0 Å². The first-order valence-electron chi connectivity index (χ1n) is 9.94. The van der Waals surface area contributed by atoms with Crippen LogP contribution in [0.1, 0.15) is 47.5 Å². The standard InChI is InChI=1S/C21H29N5O2/c1-13-19(14(2)26(3)25-13)20-15(8-10-28-20)12-23-21(22)24-17-9-11-27-18-7-5-4-6-16(17)18/h4-7,15,17,20H,8-12H2,1-3H3,(H3,22,23,24)/t15-,17?,20+/m0/s1. The highest BCUT2D eigenvalue weighted by Gasteiger charge is 2.33. The lowest BCUT2D eigenvalue weighted by Gasteiger charge is -2.27. The molecule has 1 unspecified atom stereocenters. The molecule has 3 atom stereocenters. The van der Waals surface area contributed by atoms with Gasteiger partial charge in [-0.2, -0.15) is 5.10 Å². The van der Waals surface area contributed by atoms with Gasteiger partial charge in [0.25, 0.3) is 0 Å². The van der Waals surface area contributed by atoms with E-state index in [1.165, 1.54) is 5.56 Å². The van der Waals surface area contributed by atoms with Crippen molar-refractivity contribution in [2.75, 3.05) is 19.8 Å². The molecule has 0 bridgehead atoms. The number of rotatable bonds is 4. The highest BCUT2D eigenvalue weighted by Crippen LogP contribution is 2.37. The van der Waals surface area contributed by atoms with Crippen molar-refractivity contribution in [1.82, 2.24) is 15.1 Å². The molecule has 150 valence electrons. The molecule has 3 heterocycles. The summed E-state index contributed by atoms with van der Waals surface area (Å²) in [6.45, 7) is 6.21. The average molecular weight is 383 g/mol. The van der Waals surface area contributed by atoms with Crippen LogP contribution in [0.5, 0.6) is 5.75 Å². The molecule has 0 spiro atoms. The molecule has 1 fully saturated rings. The Hall–Kier alpha value is -2.54. The summed E-state index contributed by atoms with van der Waals surface area (Å²) in [4.78, 5) is 4.65. The van der Waals surface area contributed by atoms with Crippen molar-refractivity contribution in [3.8, 4) is 5.75 Å². The lowest BCUT2D eigenvalue weighted by molar-refractivity contribution is 0.0915. The number of hydrogen-bond donors (Lipinski definition) is 2. The molecule has 4 rings (SSSR count). The molecule has 2 aromatic rings. The number of guanidine groups is 1. The van der Waals surface area contributed by atoms with Gasteiger partial charge in [-0.1, -0.05) is 18.2 Å². The fourth-order valence-corrected chi connectivity index (χ4v) is 4.27. The maximum Gasteiger partial charge on any atom is 0.189 e. The van der Waals surface area contributed by atoms with Crippen molar-refractivity contribution in [2.45, 2.75) is 38.8 Å². The predicted molar refractivity (Wildman–Crippen MR) is 108 cm³/mol. The Balaban J connectivity index is 1.44. The van der Waals surface area contributed by atoms with Crippen LogP contribution in [-0.2, 0) is 11.8 Å². The largest absolute Gasteiger partial charge is 0.493 e. The highest BCUT2D eigenvalue weighted by atomic mass is 16.5. The summed E-state index contributed by atoms with van der Waals surface area (Å²) in [5, 5.41) is 7.91. The van der Waals surface area contributed by atoms with Gasteiger partial charge in [0.15, 0.2) is 5.96 Å². The smallest absolute Gasteiger partial charge is 0.189 e. The van der Waals surface area contributed by atoms with Crippen LogP contribution < -0.4 is 15.8 Å². The van der Waals surface area contributed by atoms with Gasteiger partial charge >= 0.3 is 0 Å². The van der Waals surface area contributed by atoms with Gasteiger partial charge in [0.05, 0.1) is 24.4 Å². The number of fused-ring (bicyclic) bond motifs is 1. The molecule has 0 aliphatic carbocycles. The van der Waals surface area contributed by atoms with Gasteiger partial charge in [-0.3, -0.25) is 9.67 Å². The van der Waals surface area contributed by atoms with Crippen LogP contribution in [0.25, 0.3) is 0 Å². The van der Waals surface area contributed by atoms with Crippen molar-refractivity contribution >= 4 is 5.96 Å². The normalized spacial score (nSPS) is 24.7. The zero-order valence-electron chi connectivity index (χ0n) is 16.8. The second-order valence-corrected chi connectivity index (χ2v) is 7.65. The third-order valence-corrected chi connectivity index (χ3v) is 5.84. The van der Waals surface area contributed by atoms with Crippen LogP contribution in [0.3, 0.4) is 0 Å². The summed E-state index contributed by atoms with van der Waals surface area (Å²) in [6, 6.07) is 8.21. The number of aliphatic imine (C=N–C) groups is 1. The Morgan fingerprint density at radius 2 is 2.11 bits per heavy atom. The summed E-state index contributed by atoms with van der Waals surface area (Å²) in [5.74, 6) is 1.71. The summed E-state index contributed by atoms with van der Waals surface area (Å²) < 4.78 is 13.7. The molecule has 7 nitrogen and oxygen atoms in total. The van der Waals surface area contributed by atoms with Gasteiger partial charge in [0.1, 0.15) is 5.75 Å². The first kappa shape index (κ1) is 18.8. The summed E-state index contributed by atoms with van der Waals surface area (Å²) >= 11 is 0. The van der Waals surface area contributed by atoms with Crippen LogP contribution in [0.4, 0.5) is 0 Å². The molecule has 2 aliphatic heterocycles. The van der Waals surface area contributed by atoms with Gasteiger partial charge in [0.2, 0.25) is 0 Å². The van der Waals surface area contributed by atoms with E-state index < -0.39 is 0 Å². The Morgan fingerprint density at radius 3 is 2.89 bits per heavy atom. The topological polar surface area (TPSA) is 86.7 Å². The number of nitrogens with one attached hydrogen (secondary N) is 1. The van der Waals surface area contributed by atoms with Gasteiger partial charge in [-0.05, 0) is 26.3 Å². The first-order valence-corrected chi connectivity index (χ1v) is 9.94. The maximum absolute atomic E-state index is 6.23. The summed E-state index contributed by atoms with van der Waals surface area (Å²) in [5.41, 5.74) is 10.8. The number of aromatic nitrogens is 2. The third kappa shape index (κ3) is 3.58. The minimum atomic E-state index is 0.0362. The highest BCUT2D eigenvalue weighted by molar-refractivity contribution is 5.78. The summed E-state index contributed by atoms with van der Waals surface area (Å²) in [7, 11) is 1.97. The number of nitrogens with two attached hydrogens (primary N) is 1. The lowest BCUT2D eigenvalue weighted by atomic mass is 9.94. The quantitative estimate of drug-likeness (QED) is 0.626. The number of nitrogens with zero attached hydrogens (tertiary/aromatic N) is 3. The molecule has 0 radical (unpaired) electrons. The van der Waals surface area contributed by atoms with E-state index in [-0.39, 0.29) is 12.1 Å². The maximum atomic E-state index is 6.23. The zero-order valence-corrected chi connectivity index (χ0v) is 16.8. The number of benzene rings is 1. The van der Waals surface area contributed by atoms with Crippen LogP contribution in [-0.4, -0.2) is 35.5 Å². The van der Waals surface area contributed by atoms with Crippen molar-refractivity contribution in [2.24, 2.45) is 23.7 Å². The Morgan fingerprint density at radius 1 is 1.29 bits per heavy atom. The van der Waals surface area contributed by atoms with E-state index in [1.807, 2.05) is 36.9 Å². The molecule has 1 aromatic carbocycles. The van der Waals surface area contributed by atoms with Crippen LogP contribution >= 0.6 is 0 Å². The van der Waals surface area contributed by atoms with E-state index in [0.717, 1.165) is 42.1 Å². The lowest BCUT2D eigenvalue weighted by Crippen LogP contribution is -2.37. The molecule has 0 saturated carbocycles. The SMILES string of the molecule is Cc1nn(C)c(C)c1[C@@H]1OCC[C@H]1CN=C(N)NC1CCOc2ccccc21. The summed E-state index contributed by atoms with van der Waals surface area (Å²) in [6.07, 6.45) is 1.89. The average Bonchev–Trinajstić information content (AvgIpc) is 3.24. The van der Waals surface area contributed by atoms with E-state index >= 15 is 0 Å². The van der Waals surface area contributed by atoms with E-state index in [4.69, 9.17) is 15.2 Å². The van der Waals surface area contributed by atoms with E-state index in [1.54, 1.807) is 0 Å². The molecule has 0 amide bonds.